The van der Waals surface area contributed by atoms with Crippen LogP contribution in [0.4, 0.5) is 0 Å². The summed E-state index contributed by atoms with van der Waals surface area (Å²) in [5.41, 5.74) is 1.82. The molecule has 8 nitrogen and oxygen atoms in total. The van der Waals surface area contributed by atoms with Crippen LogP contribution in [0.1, 0.15) is 35.3 Å². The Balaban J connectivity index is 1.29. The maximum Gasteiger partial charge on any atom is 0.262 e. The standard InChI is InChI=1S/C23H26N4O4S/c1-31-17-8-4-2-6-15(17)12-25-19(28)10-11-24-20(29)13-27-14-26-22-21(23(27)30)16-7-3-5-9-18(16)32-22/h2,4,6,8,14H,3,5,7,9-13H2,1H3,(H,24,29)(H,25,28). The van der Waals surface area contributed by atoms with Gasteiger partial charge in [0.05, 0.1) is 18.8 Å². The van der Waals surface area contributed by atoms with Crippen LogP contribution in [0.2, 0.25) is 0 Å². The van der Waals surface area contributed by atoms with Gasteiger partial charge in [0.25, 0.3) is 5.56 Å². The van der Waals surface area contributed by atoms with Crippen molar-refractivity contribution in [2.75, 3.05) is 13.7 Å². The fourth-order valence-corrected chi connectivity index (χ4v) is 5.17. The molecule has 4 rings (SSSR count). The van der Waals surface area contributed by atoms with E-state index in [1.54, 1.807) is 18.4 Å². The summed E-state index contributed by atoms with van der Waals surface area (Å²) in [7, 11) is 1.59. The number of carbonyl (C=O) groups excluding carboxylic acids is 2. The van der Waals surface area contributed by atoms with E-state index in [4.69, 9.17) is 4.74 Å². The first-order valence-corrected chi connectivity index (χ1v) is 11.5. The van der Waals surface area contributed by atoms with Gasteiger partial charge in [0.1, 0.15) is 17.1 Å². The number of methoxy groups -OCH3 is 1. The van der Waals surface area contributed by atoms with Crippen molar-refractivity contribution in [3.63, 3.8) is 0 Å². The molecule has 0 spiro atoms. The molecule has 0 radical (unpaired) electrons. The molecule has 0 aliphatic heterocycles. The largest absolute Gasteiger partial charge is 0.496 e. The molecular weight excluding hydrogens is 428 g/mol. The number of amides is 2. The number of thiophene rings is 1. The van der Waals surface area contributed by atoms with Crippen molar-refractivity contribution in [2.45, 2.75) is 45.2 Å². The summed E-state index contributed by atoms with van der Waals surface area (Å²) in [5, 5.41) is 6.19. The number of ether oxygens (including phenoxy) is 1. The molecule has 9 heteroatoms. The summed E-state index contributed by atoms with van der Waals surface area (Å²) in [6.45, 7) is 0.424. The van der Waals surface area contributed by atoms with E-state index in [1.807, 2.05) is 24.3 Å². The van der Waals surface area contributed by atoms with E-state index in [2.05, 4.69) is 15.6 Å². The van der Waals surface area contributed by atoms with Crippen molar-refractivity contribution >= 4 is 33.4 Å². The molecule has 2 amide bonds. The second-order valence-corrected chi connectivity index (χ2v) is 8.84. The zero-order chi connectivity index (χ0) is 22.5. The van der Waals surface area contributed by atoms with E-state index < -0.39 is 0 Å². The molecule has 2 aromatic heterocycles. The number of benzene rings is 1. The quantitative estimate of drug-likeness (QED) is 0.543. The number of hydrogen-bond donors (Lipinski definition) is 2. The van der Waals surface area contributed by atoms with Crippen LogP contribution in [0.25, 0.3) is 10.2 Å². The average Bonchev–Trinajstić information content (AvgIpc) is 3.19. The van der Waals surface area contributed by atoms with Gasteiger partial charge in [-0.2, -0.15) is 0 Å². The monoisotopic (exact) mass is 454 g/mol. The fraction of sp³-hybridized carbons (Fsp3) is 0.391. The molecule has 0 saturated heterocycles. The van der Waals surface area contributed by atoms with Gasteiger partial charge in [0, 0.05) is 30.0 Å². The Labute approximate surface area is 189 Å². The van der Waals surface area contributed by atoms with Crippen LogP contribution in [-0.4, -0.2) is 35.0 Å². The highest BCUT2D eigenvalue weighted by Crippen LogP contribution is 2.33. The number of para-hydroxylation sites is 1. The van der Waals surface area contributed by atoms with Crippen molar-refractivity contribution in [1.82, 2.24) is 20.2 Å². The zero-order valence-corrected chi connectivity index (χ0v) is 18.8. The molecule has 1 aliphatic rings. The predicted octanol–water partition coefficient (Wildman–Crippen LogP) is 2.17. The van der Waals surface area contributed by atoms with Crippen molar-refractivity contribution in [3.8, 4) is 5.75 Å². The number of aromatic nitrogens is 2. The molecule has 2 heterocycles. The van der Waals surface area contributed by atoms with Crippen LogP contribution in [0, 0.1) is 0 Å². The molecule has 0 fully saturated rings. The molecule has 2 N–H and O–H groups in total. The first-order chi connectivity index (χ1) is 15.6. The average molecular weight is 455 g/mol. The van der Waals surface area contributed by atoms with Gasteiger partial charge < -0.3 is 15.4 Å². The minimum absolute atomic E-state index is 0.116. The van der Waals surface area contributed by atoms with E-state index >= 15 is 0 Å². The molecule has 3 aromatic rings. The van der Waals surface area contributed by atoms with Crippen LogP contribution < -0.4 is 20.9 Å². The molecular formula is C23H26N4O4S. The van der Waals surface area contributed by atoms with Gasteiger partial charge in [-0.15, -0.1) is 11.3 Å². The fourth-order valence-electron chi connectivity index (χ4n) is 3.95. The topological polar surface area (TPSA) is 102 Å². The first kappa shape index (κ1) is 22.0. The first-order valence-electron chi connectivity index (χ1n) is 10.7. The maximum atomic E-state index is 12.9. The Morgan fingerprint density at radius 1 is 1.16 bits per heavy atom. The molecule has 0 atom stereocenters. The highest BCUT2D eigenvalue weighted by Gasteiger charge is 2.20. The lowest BCUT2D eigenvalue weighted by Crippen LogP contribution is -2.35. The minimum atomic E-state index is -0.324. The lowest BCUT2D eigenvalue weighted by atomic mass is 9.97. The van der Waals surface area contributed by atoms with Gasteiger partial charge in [0.15, 0.2) is 0 Å². The second-order valence-electron chi connectivity index (χ2n) is 7.76. The Hall–Kier alpha value is -3.20. The minimum Gasteiger partial charge on any atom is -0.496 e. The summed E-state index contributed by atoms with van der Waals surface area (Å²) in [6, 6.07) is 7.46. The predicted molar refractivity (Wildman–Crippen MR) is 123 cm³/mol. The van der Waals surface area contributed by atoms with Gasteiger partial charge in [-0.1, -0.05) is 18.2 Å². The highest BCUT2D eigenvalue weighted by atomic mass is 32.1. The summed E-state index contributed by atoms with van der Waals surface area (Å²) in [4.78, 5) is 43.8. The van der Waals surface area contributed by atoms with E-state index in [-0.39, 0.29) is 36.9 Å². The molecule has 32 heavy (non-hydrogen) atoms. The van der Waals surface area contributed by atoms with Crippen LogP contribution in [0.15, 0.2) is 35.4 Å². The van der Waals surface area contributed by atoms with E-state index in [0.29, 0.717) is 17.7 Å². The second kappa shape index (κ2) is 9.95. The maximum absolute atomic E-state index is 12.9. The summed E-state index contributed by atoms with van der Waals surface area (Å²) in [6.07, 6.45) is 5.69. The smallest absolute Gasteiger partial charge is 0.262 e. The zero-order valence-electron chi connectivity index (χ0n) is 18.0. The Kier molecular flexibility index (Phi) is 6.84. The highest BCUT2D eigenvalue weighted by molar-refractivity contribution is 7.18. The number of nitrogens with zero attached hydrogens (tertiary/aromatic N) is 2. The Morgan fingerprint density at radius 3 is 2.81 bits per heavy atom. The summed E-state index contributed by atoms with van der Waals surface area (Å²) < 4.78 is 6.62. The van der Waals surface area contributed by atoms with Gasteiger partial charge in [-0.05, 0) is 37.3 Å². The third-order valence-electron chi connectivity index (χ3n) is 5.60. The number of hydrogen-bond acceptors (Lipinski definition) is 6. The van der Waals surface area contributed by atoms with Gasteiger partial charge in [-0.25, -0.2) is 4.98 Å². The van der Waals surface area contributed by atoms with Crippen molar-refractivity contribution in [2.24, 2.45) is 0 Å². The molecule has 1 aliphatic carbocycles. The molecule has 1 aromatic carbocycles. The van der Waals surface area contributed by atoms with Gasteiger partial charge in [-0.3, -0.25) is 19.0 Å². The van der Waals surface area contributed by atoms with Crippen LogP contribution in [0.3, 0.4) is 0 Å². The van der Waals surface area contributed by atoms with E-state index in [0.717, 1.165) is 41.6 Å². The Bertz CT molecular complexity index is 1200. The van der Waals surface area contributed by atoms with Crippen molar-refractivity contribution in [3.05, 3.63) is 57.0 Å². The molecule has 0 saturated carbocycles. The van der Waals surface area contributed by atoms with Crippen molar-refractivity contribution < 1.29 is 14.3 Å². The van der Waals surface area contributed by atoms with Crippen LogP contribution in [0.5, 0.6) is 5.75 Å². The number of rotatable bonds is 8. The van der Waals surface area contributed by atoms with Gasteiger partial charge in [0.2, 0.25) is 11.8 Å². The lowest BCUT2D eigenvalue weighted by Gasteiger charge is -2.11. The summed E-state index contributed by atoms with van der Waals surface area (Å²) in [5.74, 6) is 0.209. The van der Waals surface area contributed by atoms with E-state index in [9.17, 15) is 14.4 Å². The van der Waals surface area contributed by atoms with Crippen LogP contribution in [-0.2, 0) is 35.5 Å². The number of aryl methyl sites for hydroxylation is 2. The van der Waals surface area contributed by atoms with E-state index in [1.165, 1.54) is 15.8 Å². The molecule has 168 valence electrons. The number of nitrogens with one attached hydrogen (secondary N) is 2. The normalized spacial score (nSPS) is 12.9. The molecule has 0 bridgehead atoms. The van der Waals surface area contributed by atoms with Crippen LogP contribution >= 0.6 is 11.3 Å². The summed E-state index contributed by atoms with van der Waals surface area (Å²) >= 11 is 1.59. The lowest BCUT2D eigenvalue weighted by molar-refractivity contribution is -0.122. The third-order valence-corrected chi connectivity index (χ3v) is 6.80. The van der Waals surface area contributed by atoms with Gasteiger partial charge >= 0.3 is 0 Å². The Morgan fingerprint density at radius 2 is 1.97 bits per heavy atom. The van der Waals surface area contributed by atoms with Crippen molar-refractivity contribution in [1.29, 1.82) is 0 Å². The SMILES string of the molecule is COc1ccccc1CNC(=O)CCNC(=O)Cn1cnc2sc3c(c2c1=O)CCCC3. The third kappa shape index (κ3) is 4.83. The number of fused-ring (bicyclic) bond motifs is 3. The number of carbonyl (C=O) groups is 2. The molecule has 0 unspecified atom stereocenters.